The molecule has 4 nitrogen and oxygen atoms in total. The standard InChI is InChI=1S/C10H17F4N3O/c11-9(12)10(13,14)6-17(5-8(15)16-18)7-3-1-2-4-7/h7,9,18H,1-6H2,(H2,15,16). The SMILES string of the molecule is NC(CN(CC(F)(F)C(F)F)C1CCCC1)=NO. The minimum atomic E-state index is -4.08. The van der Waals surface area contributed by atoms with Crippen molar-refractivity contribution in [1.29, 1.82) is 0 Å². The van der Waals surface area contributed by atoms with Crippen LogP contribution in [0.1, 0.15) is 25.7 Å². The van der Waals surface area contributed by atoms with E-state index >= 15 is 0 Å². The van der Waals surface area contributed by atoms with Crippen molar-refractivity contribution < 1.29 is 22.8 Å². The largest absolute Gasteiger partial charge is 0.409 e. The third kappa shape index (κ3) is 4.01. The second-order valence-corrected chi connectivity index (χ2v) is 4.50. The van der Waals surface area contributed by atoms with Gasteiger partial charge in [0, 0.05) is 6.04 Å². The molecule has 1 aliphatic rings. The third-order valence-corrected chi connectivity index (χ3v) is 3.07. The molecular weight excluding hydrogens is 254 g/mol. The van der Waals surface area contributed by atoms with Gasteiger partial charge in [0.05, 0.1) is 13.1 Å². The smallest absolute Gasteiger partial charge is 0.319 e. The normalized spacial score (nSPS) is 19.1. The van der Waals surface area contributed by atoms with Crippen LogP contribution in [0.4, 0.5) is 17.6 Å². The van der Waals surface area contributed by atoms with Crippen molar-refractivity contribution in [1.82, 2.24) is 4.90 Å². The lowest BCUT2D eigenvalue weighted by Gasteiger charge is -2.31. The molecule has 8 heteroatoms. The second kappa shape index (κ2) is 6.21. The summed E-state index contributed by atoms with van der Waals surface area (Å²) in [6, 6.07) is -0.213. The van der Waals surface area contributed by atoms with Crippen LogP contribution in [0, 0.1) is 0 Å². The molecule has 0 aromatic rings. The topological polar surface area (TPSA) is 61.8 Å². The molecule has 0 heterocycles. The fraction of sp³-hybridized carbons (Fsp3) is 0.900. The number of nitrogens with two attached hydrogens (primary N) is 1. The fourth-order valence-electron chi connectivity index (χ4n) is 2.16. The minimum Gasteiger partial charge on any atom is -0.409 e. The number of hydrogen-bond donors (Lipinski definition) is 2. The lowest BCUT2D eigenvalue weighted by molar-refractivity contribution is -0.144. The average molecular weight is 271 g/mol. The summed E-state index contributed by atoms with van der Waals surface area (Å²) in [5.74, 6) is -4.34. The molecule has 1 fully saturated rings. The van der Waals surface area contributed by atoms with Gasteiger partial charge in [-0.05, 0) is 12.8 Å². The van der Waals surface area contributed by atoms with Gasteiger partial charge in [-0.15, -0.1) is 0 Å². The van der Waals surface area contributed by atoms with Gasteiger partial charge < -0.3 is 10.9 Å². The number of rotatable bonds is 6. The molecule has 1 saturated carbocycles. The minimum absolute atomic E-state index is 0.213. The van der Waals surface area contributed by atoms with Gasteiger partial charge >= 0.3 is 12.3 Å². The Morgan fingerprint density at radius 1 is 1.39 bits per heavy atom. The van der Waals surface area contributed by atoms with E-state index in [0.29, 0.717) is 12.8 Å². The first-order valence-corrected chi connectivity index (χ1v) is 5.73. The van der Waals surface area contributed by atoms with Crippen molar-refractivity contribution in [3.05, 3.63) is 0 Å². The number of halogens is 4. The zero-order valence-corrected chi connectivity index (χ0v) is 9.83. The zero-order chi connectivity index (χ0) is 13.8. The van der Waals surface area contributed by atoms with E-state index in [4.69, 9.17) is 10.9 Å². The fourth-order valence-corrected chi connectivity index (χ4v) is 2.16. The first-order chi connectivity index (χ1) is 8.36. The Hall–Kier alpha value is -1.05. The Morgan fingerprint density at radius 2 is 1.94 bits per heavy atom. The number of alkyl halides is 4. The highest BCUT2D eigenvalue weighted by molar-refractivity contribution is 5.81. The van der Waals surface area contributed by atoms with Gasteiger partial charge in [0.25, 0.3) is 0 Å². The lowest BCUT2D eigenvalue weighted by Crippen LogP contribution is -2.48. The van der Waals surface area contributed by atoms with Crippen LogP contribution in [-0.4, -0.2) is 47.4 Å². The van der Waals surface area contributed by atoms with Crippen molar-refractivity contribution in [2.24, 2.45) is 10.9 Å². The summed E-state index contributed by atoms with van der Waals surface area (Å²) in [6.07, 6.45) is -0.640. The van der Waals surface area contributed by atoms with Crippen LogP contribution in [0.3, 0.4) is 0 Å². The van der Waals surface area contributed by atoms with Gasteiger partial charge in [-0.25, -0.2) is 8.78 Å². The van der Waals surface area contributed by atoms with Crippen LogP contribution in [-0.2, 0) is 0 Å². The highest BCUT2D eigenvalue weighted by Gasteiger charge is 2.43. The van der Waals surface area contributed by atoms with Gasteiger partial charge in [0.1, 0.15) is 0 Å². The highest BCUT2D eigenvalue weighted by Crippen LogP contribution is 2.29. The lowest BCUT2D eigenvalue weighted by atomic mass is 10.2. The Labute approximate surface area is 102 Å². The number of amidine groups is 1. The molecule has 0 amide bonds. The average Bonchev–Trinajstić information content (AvgIpc) is 2.80. The molecule has 0 atom stereocenters. The molecule has 0 saturated heterocycles. The van der Waals surface area contributed by atoms with Crippen LogP contribution >= 0.6 is 0 Å². The predicted molar refractivity (Wildman–Crippen MR) is 58.2 cm³/mol. The molecule has 106 valence electrons. The van der Waals surface area contributed by atoms with E-state index in [9.17, 15) is 17.6 Å². The predicted octanol–water partition coefficient (Wildman–Crippen LogP) is 1.88. The maximum atomic E-state index is 13.1. The van der Waals surface area contributed by atoms with E-state index in [-0.39, 0.29) is 18.4 Å². The quantitative estimate of drug-likeness (QED) is 0.255. The van der Waals surface area contributed by atoms with Crippen LogP contribution < -0.4 is 5.73 Å². The number of hydrogen-bond acceptors (Lipinski definition) is 3. The Balaban J connectivity index is 2.70. The van der Waals surface area contributed by atoms with Crippen LogP contribution in [0.5, 0.6) is 0 Å². The summed E-state index contributed by atoms with van der Waals surface area (Å²) in [5.41, 5.74) is 5.26. The first kappa shape index (κ1) is 15.0. The van der Waals surface area contributed by atoms with E-state index < -0.39 is 18.9 Å². The molecule has 1 rings (SSSR count). The third-order valence-electron chi connectivity index (χ3n) is 3.07. The van der Waals surface area contributed by atoms with Gasteiger partial charge in [-0.1, -0.05) is 18.0 Å². The molecule has 0 aromatic heterocycles. The van der Waals surface area contributed by atoms with Crippen LogP contribution in [0.15, 0.2) is 5.16 Å². The van der Waals surface area contributed by atoms with Crippen molar-refractivity contribution in [2.45, 2.75) is 44.1 Å². The summed E-state index contributed by atoms with van der Waals surface area (Å²) in [7, 11) is 0. The maximum Gasteiger partial charge on any atom is 0.319 e. The molecule has 0 unspecified atom stereocenters. The Bertz CT molecular complexity index is 293. The summed E-state index contributed by atoms with van der Waals surface area (Å²) < 4.78 is 50.5. The molecule has 1 aliphatic carbocycles. The van der Waals surface area contributed by atoms with E-state index in [1.165, 1.54) is 4.90 Å². The van der Waals surface area contributed by atoms with E-state index in [0.717, 1.165) is 12.8 Å². The van der Waals surface area contributed by atoms with Crippen LogP contribution in [0.25, 0.3) is 0 Å². The molecule has 0 aromatic carbocycles. The zero-order valence-electron chi connectivity index (χ0n) is 9.83. The van der Waals surface area contributed by atoms with E-state index in [2.05, 4.69) is 5.16 Å². The van der Waals surface area contributed by atoms with Gasteiger partial charge in [0.2, 0.25) is 0 Å². The van der Waals surface area contributed by atoms with Gasteiger partial charge in [0.15, 0.2) is 5.84 Å². The van der Waals surface area contributed by atoms with Crippen molar-refractivity contribution in [3.8, 4) is 0 Å². The molecular formula is C10H17F4N3O. The highest BCUT2D eigenvalue weighted by atomic mass is 19.3. The number of oxime groups is 1. The monoisotopic (exact) mass is 271 g/mol. The summed E-state index contributed by atoms with van der Waals surface area (Å²) >= 11 is 0. The Morgan fingerprint density at radius 3 is 2.39 bits per heavy atom. The van der Waals surface area contributed by atoms with E-state index in [1.807, 2.05) is 0 Å². The van der Waals surface area contributed by atoms with Crippen molar-refractivity contribution >= 4 is 5.84 Å². The molecule has 3 N–H and O–H groups in total. The Kier molecular flexibility index (Phi) is 5.18. The maximum absolute atomic E-state index is 13.1. The molecule has 0 aliphatic heterocycles. The molecule has 0 radical (unpaired) electrons. The summed E-state index contributed by atoms with van der Waals surface area (Å²) in [5, 5.41) is 11.1. The van der Waals surface area contributed by atoms with Crippen molar-refractivity contribution in [3.63, 3.8) is 0 Å². The second-order valence-electron chi connectivity index (χ2n) is 4.50. The molecule has 0 spiro atoms. The van der Waals surface area contributed by atoms with Gasteiger partial charge in [-0.3, -0.25) is 4.90 Å². The molecule has 18 heavy (non-hydrogen) atoms. The number of nitrogens with zero attached hydrogens (tertiary/aromatic N) is 2. The van der Waals surface area contributed by atoms with E-state index in [1.54, 1.807) is 0 Å². The van der Waals surface area contributed by atoms with Crippen LogP contribution in [0.2, 0.25) is 0 Å². The summed E-state index contributed by atoms with van der Waals surface area (Å²) in [6.45, 7) is -1.31. The summed E-state index contributed by atoms with van der Waals surface area (Å²) in [4.78, 5) is 1.17. The van der Waals surface area contributed by atoms with Gasteiger partial charge in [-0.2, -0.15) is 8.78 Å². The van der Waals surface area contributed by atoms with Crippen molar-refractivity contribution in [2.75, 3.05) is 13.1 Å². The first-order valence-electron chi connectivity index (χ1n) is 5.73. The molecule has 0 bridgehead atoms.